The molecule has 1 aliphatic carbocycles. The summed E-state index contributed by atoms with van der Waals surface area (Å²) >= 11 is 12.2. The van der Waals surface area contributed by atoms with Gasteiger partial charge in [-0.05, 0) is 48.6 Å². The molecule has 1 aromatic carbocycles. The summed E-state index contributed by atoms with van der Waals surface area (Å²) in [5, 5.41) is 10.3. The van der Waals surface area contributed by atoms with E-state index in [1.165, 1.54) is 6.20 Å². The maximum Gasteiger partial charge on any atom is 0.306 e. The first-order valence-corrected chi connectivity index (χ1v) is 10.2. The number of halogens is 2. The van der Waals surface area contributed by atoms with E-state index in [9.17, 15) is 14.7 Å². The second-order valence-corrected chi connectivity index (χ2v) is 8.35. The van der Waals surface area contributed by atoms with E-state index in [0.29, 0.717) is 28.2 Å². The molecule has 6 nitrogen and oxygen atoms in total. The van der Waals surface area contributed by atoms with Gasteiger partial charge in [-0.2, -0.15) is 0 Å². The van der Waals surface area contributed by atoms with Gasteiger partial charge < -0.3 is 14.7 Å². The maximum atomic E-state index is 13.2. The number of hydrogen-bond donors (Lipinski definition) is 1. The lowest BCUT2D eigenvalue weighted by atomic mass is 9.93. The van der Waals surface area contributed by atoms with Gasteiger partial charge in [-0.15, -0.1) is 0 Å². The van der Waals surface area contributed by atoms with Crippen LogP contribution in [0.3, 0.4) is 0 Å². The lowest BCUT2D eigenvalue weighted by Crippen LogP contribution is -2.52. The molecule has 1 saturated carbocycles. The molecule has 4 rings (SSSR count). The normalized spacial score (nSPS) is 24.6. The summed E-state index contributed by atoms with van der Waals surface area (Å²) < 4.78 is 6.08. The number of aliphatic carboxylic acids is 1. The number of pyridine rings is 1. The number of rotatable bonds is 6. The Kier molecular flexibility index (Phi) is 5.76. The summed E-state index contributed by atoms with van der Waals surface area (Å²) in [6, 6.07) is 10.2. The predicted molar refractivity (Wildman–Crippen MR) is 108 cm³/mol. The van der Waals surface area contributed by atoms with Crippen LogP contribution in [0.2, 0.25) is 10.0 Å². The van der Waals surface area contributed by atoms with Crippen molar-refractivity contribution in [2.45, 2.75) is 37.5 Å². The smallest absolute Gasteiger partial charge is 0.306 e. The van der Waals surface area contributed by atoms with Crippen LogP contribution >= 0.6 is 23.2 Å². The molecule has 0 bridgehead atoms. The van der Waals surface area contributed by atoms with Crippen LogP contribution in [0.25, 0.3) is 0 Å². The number of aromatic nitrogens is 1. The number of carbonyl (C=O) groups is 2. The van der Waals surface area contributed by atoms with Crippen LogP contribution in [0, 0.1) is 5.92 Å². The van der Waals surface area contributed by atoms with Gasteiger partial charge >= 0.3 is 5.97 Å². The van der Waals surface area contributed by atoms with E-state index in [4.69, 9.17) is 27.9 Å². The van der Waals surface area contributed by atoms with Crippen LogP contribution in [-0.4, -0.2) is 39.5 Å². The van der Waals surface area contributed by atoms with Crippen LogP contribution < -0.4 is 0 Å². The molecule has 1 aliphatic heterocycles. The van der Waals surface area contributed by atoms with Crippen LogP contribution in [-0.2, 0) is 14.3 Å². The predicted octanol–water partition coefficient (Wildman–Crippen LogP) is 4.28. The molecule has 3 unspecified atom stereocenters. The van der Waals surface area contributed by atoms with E-state index in [2.05, 4.69) is 4.98 Å². The van der Waals surface area contributed by atoms with Gasteiger partial charge in [0, 0.05) is 17.8 Å². The van der Waals surface area contributed by atoms with E-state index < -0.39 is 30.6 Å². The summed E-state index contributed by atoms with van der Waals surface area (Å²) in [7, 11) is 0. The molecule has 29 heavy (non-hydrogen) atoms. The maximum absolute atomic E-state index is 13.2. The minimum absolute atomic E-state index is 0.320. The summed E-state index contributed by atoms with van der Waals surface area (Å²) in [5.41, 5.74) is 1.41. The molecule has 1 saturated heterocycles. The topological polar surface area (TPSA) is 79.7 Å². The highest BCUT2D eigenvalue weighted by Gasteiger charge is 2.46. The number of ether oxygens (including phenoxy) is 1. The molecule has 3 atom stereocenters. The van der Waals surface area contributed by atoms with Crippen molar-refractivity contribution < 1.29 is 19.4 Å². The quantitative estimate of drug-likeness (QED) is 0.733. The van der Waals surface area contributed by atoms with E-state index in [-0.39, 0.29) is 5.91 Å². The molecule has 0 radical (unpaired) electrons. The summed E-state index contributed by atoms with van der Waals surface area (Å²) in [5.74, 6) is -0.987. The summed E-state index contributed by atoms with van der Waals surface area (Å²) in [4.78, 5) is 30.7. The highest BCUT2D eigenvalue weighted by atomic mass is 35.5. The summed E-state index contributed by atoms with van der Waals surface area (Å²) in [6.45, 7) is 0.546. The van der Waals surface area contributed by atoms with Gasteiger partial charge in [0.1, 0.15) is 18.2 Å². The van der Waals surface area contributed by atoms with Gasteiger partial charge in [-0.25, -0.2) is 0 Å². The third kappa shape index (κ3) is 4.55. The van der Waals surface area contributed by atoms with Crippen molar-refractivity contribution in [3.8, 4) is 0 Å². The van der Waals surface area contributed by atoms with Crippen molar-refractivity contribution in [3.63, 3.8) is 0 Å². The van der Waals surface area contributed by atoms with Crippen molar-refractivity contribution in [1.29, 1.82) is 0 Å². The van der Waals surface area contributed by atoms with Crippen molar-refractivity contribution in [1.82, 2.24) is 9.88 Å². The van der Waals surface area contributed by atoms with Crippen LogP contribution in [0.1, 0.15) is 42.7 Å². The molecule has 2 aliphatic rings. The molecular formula is C21H20Cl2N2O4. The van der Waals surface area contributed by atoms with E-state index >= 15 is 0 Å². The van der Waals surface area contributed by atoms with Gasteiger partial charge in [0.05, 0.1) is 17.1 Å². The second kappa shape index (κ2) is 8.30. The number of carboxylic acids is 1. The van der Waals surface area contributed by atoms with Crippen molar-refractivity contribution >= 4 is 35.1 Å². The molecule has 8 heteroatoms. The molecule has 2 fully saturated rings. The van der Waals surface area contributed by atoms with E-state index in [0.717, 1.165) is 18.4 Å². The minimum Gasteiger partial charge on any atom is -0.481 e. The van der Waals surface area contributed by atoms with E-state index in [1.807, 2.05) is 6.07 Å². The molecule has 0 spiro atoms. The Hall–Kier alpha value is -2.15. The molecule has 1 N–H and O–H groups in total. The van der Waals surface area contributed by atoms with Crippen molar-refractivity contribution in [2.75, 3.05) is 6.54 Å². The van der Waals surface area contributed by atoms with Gasteiger partial charge in [-0.3, -0.25) is 14.6 Å². The largest absolute Gasteiger partial charge is 0.481 e. The zero-order chi connectivity index (χ0) is 20.5. The molecule has 1 amide bonds. The Labute approximate surface area is 178 Å². The second-order valence-electron chi connectivity index (χ2n) is 7.48. The first kappa shape index (κ1) is 20.1. The average Bonchev–Trinajstić information content (AvgIpc) is 3.49. The van der Waals surface area contributed by atoms with Crippen molar-refractivity contribution in [3.05, 3.63) is 63.9 Å². The minimum atomic E-state index is -1.08. The average molecular weight is 435 g/mol. The lowest BCUT2D eigenvalue weighted by molar-refractivity contribution is -0.179. The number of benzene rings is 1. The Morgan fingerprint density at radius 1 is 1.21 bits per heavy atom. The number of nitrogens with zero attached hydrogens (tertiary/aromatic N) is 2. The van der Waals surface area contributed by atoms with Gasteiger partial charge in [0.25, 0.3) is 5.91 Å². The number of hydrogen-bond acceptors (Lipinski definition) is 4. The Morgan fingerprint density at radius 2 is 2.00 bits per heavy atom. The highest BCUT2D eigenvalue weighted by Crippen LogP contribution is 2.44. The Bertz CT molecular complexity index is 917. The zero-order valence-electron chi connectivity index (χ0n) is 15.5. The first-order chi connectivity index (χ1) is 13.9. The summed E-state index contributed by atoms with van der Waals surface area (Å²) in [6.07, 6.45) is 1.60. The van der Waals surface area contributed by atoms with Gasteiger partial charge in [-0.1, -0.05) is 35.3 Å². The fourth-order valence-corrected chi connectivity index (χ4v) is 4.00. The highest BCUT2D eigenvalue weighted by molar-refractivity contribution is 6.30. The molecular weight excluding hydrogens is 415 g/mol. The number of carbonyl (C=O) groups excluding carboxylic acids is 1. The number of morpholine rings is 1. The first-order valence-electron chi connectivity index (χ1n) is 9.47. The third-order valence-corrected chi connectivity index (χ3v) is 5.69. The van der Waals surface area contributed by atoms with Crippen LogP contribution in [0.4, 0.5) is 0 Å². The molecule has 2 aromatic rings. The van der Waals surface area contributed by atoms with Crippen LogP contribution in [0.15, 0.2) is 42.6 Å². The fraction of sp³-hybridized carbons (Fsp3) is 0.381. The van der Waals surface area contributed by atoms with Gasteiger partial charge in [0.2, 0.25) is 0 Å². The Morgan fingerprint density at radius 3 is 2.62 bits per heavy atom. The number of carboxylic acid groups (broad SMARTS) is 1. The number of amides is 1. The molecule has 152 valence electrons. The standard InChI is InChI=1S/C21H20Cl2N2O4/c22-14-3-1-2-13(8-14)20-19(16-7-6-15(23)10-24-16)25(11-12-4-5-12)21(28)17(29-20)9-18(26)27/h1-3,6-8,10,12,17,19-20H,4-5,9,11H2,(H,26,27). The van der Waals surface area contributed by atoms with E-state index in [1.54, 1.807) is 35.2 Å². The molecule has 2 heterocycles. The lowest BCUT2D eigenvalue weighted by Gasteiger charge is -2.44. The fourth-order valence-electron chi connectivity index (χ4n) is 3.69. The third-order valence-electron chi connectivity index (χ3n) is 5.23. The van der Waals surface area contributed by atoms with Crippen LogP contribution in [0.5, 0.6) is 0 Å². The monoisotopic (exact) mass is 434 g/mol. The zero-order valence-corrected chi connectivity index (χ0v) is 17.0. The SMILES string of the molecule is O=C(O)CC1OC(c2cccc(Cl)c2)C(c2ccc(Cl)cn2)N(CC2CC2)C1=O. The molecule has 1 aromatic heterocycles. The Balaban J connectivity index is 1.78. The van der Waals surface area contributed by atoms with Crippen molar-refractivity contribution in [2.24, 2.45) is 5.92 Å². The van der Waals surface area contributed by atoms with Gasteiger partial charge in [0.15, 0.2) is 0 Å².